The molecule has 3 N–H and O–H groups in total. The first-order valence-corrected chi connectivity index (χ1v) is 5.96. The van der Waals surface area contributed by atoms with Gasteiger partial charge >= 0.3 is 0 Å². The molecule has 0 aliphatic heterocycles. The molecule has 0 aromatic carbocycles. The second-order valence-corrected chi connectivity index (χ2v) is 5.21. The number of nitrogens with zero attached hydrogens (tertiary/aromatic N) is 2. The molecule has 2 aliphatic carbocycles. The van der Waals surface area contributed by atoms with E-state index < -0.39 is 47.9 Å². The summed E-state index contributed by atoms with van der Waals surface area (Å²) in [7, 11) is 0. The van der Waals surface area contributed by atoms with Gasteiger partial charge in [0.2, 0.25) is 12.2 Å². The second-order valence-electron chi connectivity index (χ2n) is 5.21. The number of amides is 1. The standard InChI is InChI=1S/C11H11F4N3O2/c12-7(13)2-10(20,9(16)19)18-8-5(3-17-18)4-1-6(4)11(8,14)15/h3-4,6-7,20H,1-2H2,(H2,16,19). The number of alkyl halides is 4. The summed E-state index contributed by atoms with van der Waals surface area (Å²) in [5.41, 5.74) is 1.46. The third-order valence-electron chi connectivity index (χ3n) is 3.95. The highest BCUT2D eigenvalue weighted by molar-refractivity contribution is 5.81. The summed E-state index contributed by atoms with van der Waals surface area (Å²) in [6, 6.07) is 0. The Morgan fingerprint density at radius 1 is 1.65 bits per heavy atom. The van der Waals surface area contributed by atoms with Crippen LogP contribution >= 0.6 is 0 Å². The van der Waals surface area contributed by atoms with E-state index in [2.05, 4.69) is 5.10 Å². The maximum atomic E-state index is 14.1. The minimum absolute atomic E-state index is 0.189. The lowest BCUT2D eigenvalue weighted by molar-refractivity contribution is -0.159. The van der Waals surface area contributed by atoms with Crippen LogP contribution in [0.1, 0.15) is 30.0 Å². The summed E-state index contributed by atoms with van der Waals surface area (Å²) in [4.78, 5) is 11.3. The van der Waals surface area contributed by atoms with Crippen molar-refractivity contribution in [2.75, 3.05) is 0 Å². The zero-order chi connectivity index (χ0) is 14.9. The molecule has 0 saturated heterocycles. The number of fused-ring (bicyclic) bond motifs is 3. The first-order chi connectivity index (χ1) is 9.19. The summed E-state index contributed by atoms with van der Waals surface area (Å²) in [5, 5.41) is 13.5. The van der Waals surface area contributed by atoms with E-state index in [1.54, 1.807) is 0 Å². The molecule has 1 aromatic rings. The van der Waals surface area contributed by atoms with Crippen LogP contribution < -0.4 is 5.73 Å². The van der Waals surface area contributed by atoms with E-state index in [-0.39, 0.29) is 16.7 Å². The number of hydrogen-bond donors (Lipinski definition) is 2. The van der Waals surface area contributed by atoms with E-state index in [4.69, 9.17) is 5.73 Å². The topological polar surface area (TPSA) is 81.1 Å². The van der Waals surface area contributed by atoms with Gasteiger partial charge in [-0.1, -0.05) is 0 Å². The fraction of sp³-hybridized carbons (Fsp3) is 0.636. The molecule has 5 nitrogen and oxygen atoms in total. The minimum Gasteiger partial charge on any atom is -0.365 e. The molecule has 1 saturated carbocycles. The number of hydrogen-bond acceptors (Lipinski definition) is 3. The molecule has 1 amide bonds. The molecule has 110 valence electrons. The molecule has 2 aliphatic rings. The number of halogens is 4. The van der Waals surface area contributed by atoms with Gasteiger partial charge in [0.05, 0.1) is 12.6 Å². The van der Waals surface area contributed by atoms with Crippen molar-refractivity contribution >= 4 is 5.91 Å². The highest BCUT2D eigenvalue weighted by Crippen LogP contribution is 2.67. The first-order valence-electron chi connectivity index (χ1n) is 5.96. The van der Waals surface area contributed by atoms with Crippen molar-refractivity contribution in [3.8, 4) is 0 Å². The van der Waals surface area contributed by atoms with Gasteiger partial charge in [-0.25, -0.2) is 13.5 Å². The van der Waals surface area contributed by atoms with Crippen LogP contribution in [0, 0.1) is 5.92 Å². The van der Waals surface area contributed by atoms with Crippen LogP contribution in [0.4, 0.5) is 17.6 Å². The molecular formula is C11H11F4N3O2. The Kier molecular flexibility index (Phi) is 2.48. The average Bonchev–Trinajstić information content (AvgIpc) is 2.93. The van der Waals surface area contributed by atoms with Crippen molar-refractivity contribution in [1.29, 1.82) is 0 Å². The quantitative estimate of drug-likeness (QED) is 0.809. The summed E-state index contributed by atoms with van der Waals surface area (Å²) in [5.74, 6) is -6.15. The van der Waals surface area contributed by atoms with Gasteiger partial charge in [0.1, 0.15) is 5.69 Å². The summed E-state index contributed by atoms with van der Waals surface area (Å²) in [6.07, 6.45) is -3.12. The molecule has 1 aromatic heterocycles. The van der Waals surface area contributed by atoms with Crippen molar-refractivity contribution in [3.63, 3.8) is 0 Å². The van der Waals surface area contributed by atoms with E-state index in [1.807, 2.05) is 0 Å². The summed E-state index contributed by atoms with van der Waals surface area (Å²) in [6.45, 7) is 0. The number of primary amides is 1. The molecule has 3 atom stereocenters. The molecule has 0 radical (unpaired) electrons. The van der Waals surface area contributed by atoms with E-state index >= 15 is 0 Å². The maximum absolute atomic E-state index is 14.1. The third-order valence-corrected chi connectivity index (χ3v) is 3.95. The van der Waals surface area contributed by atoms with Gasteiger partial charge in [-0.15, -0.1) is 0 Å². The fourth-order valence-corrected chi connectivity index (χ4v) is 2.87. The monoisotopic (exact) mass is 293 g/mol. The lowest BCUT2D eigenvalue weighted by Crippen LogP contribution is -2.50. The van der Waals surface area contributed by atoms with Gasteiger partial charge < -0.3 is 10.8 Å². The minimum atomic E-state index is -3.30. The Hall–Kier alpha value is -1.64. The Morgan fingerprint density at radius 3 is 2.85 bits per heavy atom. The van der Waals surface area contributed by atoms with E-state index in [9.17, 15) is 27.5 Å². The van der Waals surface area contributed by atoms with Crippen molar-refractivity contribution < 1.29 is 27.5 Å². The van der Waals surface area contributed by atoms with Crippen LogP contribution in [0.25, 0.3) is 0 Å². The van der Waals surface area contributed by atoms with Gasteiger partial charge in [0.15, 0.2) is 0 Å². The molecule has 1 fully saturated rings. The zero-order valence-corrected chi connectivity index (χ0v) is 10.1. The Balaban J connectivity index is 2.11. The normalized spacial score (nSPS) is 28.9. The lowest BCUT2D eigenvalue weighted by atomic mass is 10.1. The summed E-state index contributed by atoms with van der Waals surface area (Å²) >= 11 is 0. The van der Waals surface area contributed by atoms with Crippen molar-refractivity contribution in [2.24, 2.45) is 11.7 Å². The number of nitrogens with two attached hydrogens (primary N) is 1. The maximum Gasteiger partial charge on any atom is 0.293 e. The molecule has 1 heterocycles. The molecule has 3 unspecified atom stereocenters. The number of carbonyl (C=O) groups excluding carboxylic acids is 1. The molecule has 9 heteroatoms. The predicted octanol–water partition coefficient (Wildman–Crippen LogP) is 0.878. The third kappa shape index (κ3) is 1.52. The van der Waals surface area contributed by atoms with E-state index in [0.29, 0.717) is 0 Å². The van der Waals surface area contributed by atoms with Crippen LogP contribution in [0.5, 0.6) is 0 Å². The van der Waals surface area contributed by atoms with Crippen LogP contribution in [0.2, 0.25) is 0 Å². The van der Waals surface area contributed by atoms with Gasteiger partial charge in [-0.05, 0) is 12.3 Å². The Bertz CT molecular complexity index is 588. The van der Waals surface area contributed by atoms with Gasteiger partial charge in [0, 0.05) is 11.5 Å². The second kappa shape index (κ2) is 3.72. The van der Waals surface area contributed by atoms with Crippen molar-refractivity contribution in [2.45, 2.75) is 36.8 Å². The number of carbonyl (C=O) groups is 1. The molecule has 3 rings (SSSR count). The molecule has 20 heavy (non-hydrogen) atoms. The van der Waals surface area contributed by atoms with Gasteiger partial charge in [-0.2, -0.15) is 13.9 Å². The largest absolute Gasteiger partial charge is 0.365 e. The van der Waals surface area contributed by atoms with Gasteiger partial charge in [0.25, 0.3) is 11.8 Å². The number of rotatable bonds is 4. The van der Waals surface area contributed by atoms with E-state index in [1.165, 1.54) is 0 Å². The predicted molar refractivity (Wildman–Crippen MR) is 57.0 cm³/mol. The summed E-state index contributed by atoms with van der Waals surface area (Å²) < 4.78 is 53.5. The fourth-order valence-electron chi connectivity index (χ4n) is 2.87. The number of aromatic nitrogens is 2. The van der Waals surface area contributed by atoms with Crippen molar-refractivity contribution in [3.05, 3.63) is 17.5 Å². The van der Waals surface area contributed by atoms with Crippen LogP contribution in [-0.4, -0.2) is 27.2 Å². The van der Waals surface area contributed by atoms with E-state index in [0.717, 1.165) is 6.20 Å². The van der Waals surface area contributed by atoms with Crippen LogP contribution in [-0.2, 0) is 16.4 Å². The van der Waals surface area contributed by atoms with Crippen LogP contribution in [0.15, 0.2) is 6.20 Å². The highest BCUT2D eigenvalue weighted by Gasteiger charge is 2.67. The number of aliphatic hydroxyl groups is 1. The lowest BCUT2D eigenvalue weighted by Gasteiger charge is -2.28. The van der Waals surface area contributed by atoms with Crippen LogP contribution in [0.3, 0.4) is 0 Å². The Morgan fingerprint density at radius 2 is 2.30 bits per heavy atom. The Labute approximate surface area is 110 Å². The zero-order valence-electron chi connectivity index (χ0n) is 10.1. The smallest absolute Gasteiger partial charge is 0.293 e. The molecular weight excluding hydrogens is 282 g/mol. The van der Waals surface area contributed by atoms with Gasteiger partial charge in [-0.3, -0.25) is 4.79 Å². The average molecular weight is 293 g/mol. The molecule has 0 bridgehead atoms. The SMILES string of the molecule is NC(=O)C(O)(CC(F)F)n1ncc2c1C(F)(F)C1CC21. The highest BCUT2D eigenvalue weighted by atomic mass is 19.3. The first kappa shape index (κ1) is 13.3. The molecule has 0 spiro atoms. The van der Waals surface area contributed by atoms with Crippen molar-refractivity contribution in [1.82, 2.24) is 9.78 Å².